The monoisotopic (exact) mass is 429 g/mol. The van der Waals surface area contributed by atoms with Crippen LogP contribution in [0.2, 0.25) is 0 Å². The molecule has 6 rings (SSSR count). The van der Waals surface area contributed by atoms with Crippen LogP contribution in [0.5, 0.6) is 0 Å². The highest BCUT2D eigenvalue weighted by molar-refractivity contribution is 9.10. The Hall–Kier alpha value is -1.76. The number of aromatic nitrogens is 4. The summed E-state index contributed by atoms with van der Waals surface area (Å²) in [7, 11) is 0. The molecule has 4 saturated carbocycles. The first-order chi connectivity index (χ1) is 13.0. The Morgan fingerprint density at radius 1 is 1.22 bits per heavy atom. The number of amides is 1. The van der Waals surface area contributed by atoms with Crippen LogP contribution in [-0.4, -0.2) is 26.1 Å². The van der Waals surface area contributed by atoms with Crippen molar-refractivity contribution >= 4 is 21.8 Å². The van der Waals surface area contributed by atoms with E-state index in [1.54, 1.807) is 4.68 Å². The lowest BCUT2D eigenvalue weighted by atomic mass is 9.49. The van der Waals surface area contributed by atoms with Crippen LogP contribution in [0.25, 0.3) is 5.69 Å². The first-order valence-electron chi connectivity index (χ1n) is 9.87. The molecule has 27 heavy (non-hydrogen) atoms. The fourth-order valence-electron chi connectivity index (χ4n) is 6.06. The van der Waals surface area contributed by atoms with Gasteiger partial charge in [0, 0.05) is 9.89 Å². The van der Waals surface area contributed by atoms with Gasteiger partial charge >= 0.3 is 0 Å². The summed E-state index contributed by atoms with van der Waals surface area (Å²) in [6, 6.07) is 7.60. The number of rotatable bonds is 4. The number of carbonyl (C=O) groups is 1. The summed E-state index contributed by atoms with van der Waals surface area (Å²) in [5.41, 5.74) is 0.720. The van der Waals surface area contributed by atoms with Gasteiger partial charge < -0.3 is 5.32 Å². The first-order valence-corrected chi connectivity index (χ1v) is 10.7. The third-order valence-electron chi connectivity index (χ3n) is 6.80. The number of halogens is 1. The van der Waals surface area contributed by atoms with Crippen LogP contribution in [0, 0.1) is 23.2 Å². The van der Waals surface area contributed by atoms with Crippen molar-refractivity contribution in [3.05, 3.63) is 34.6 Å². The summed E-state index contributed by atoms with van der Waals surface area (Å²) in [6.07, 6.45) is 7.20. The van der Waals surface area contributed by atoms with Gasteiger partial charge in [-0.05, 0) is 91.8 Å². The van der Waals surface area contributed by atoms with Crippen molar-refractivity contribution in [2.75, 3.05) is 0 Å². The number of hydrogen-bond acceptors (Lipinski definition) is 4. The second-order valence-electron chi connectivity index (χ2n) is 8.82. The van der Waals surface area contributed by atoms with Crippen molar-refractivity contribution in [3.8, 4) is 5.69 Å². The lowest BCUT2D eigenvalue weighted by molar-refractivity contribution is -0.147. The minimum absolute atomic E-state index is 0.156. The molecule has 1 unspecified atom stereocenters. The molecule has 2 aromatic rings. The average Bonchev–Trinajstić information content (AvgIpc) is 3.10. The van der Waals surface area contributed by atoms with Crippen molar-refractivity contribution in [2.45, 2.75) is 51.5 Å². The third kappa shape index (κ3) is 3.00. The van der Waals surface area contributed by atoms with E-state index in [4.69, 9.17) is 0 Å². The van der Waals surface area contributed by atoms with Crippen molar-refractivity contribution < 1.29 is 4.79 Å². The van der Waals surface area contributed by atoms with E-state index >= 15 is 0 Å². The molecule has 4 fully saturated rings. The maximum atomic E-state index is 13.3. The first kappa shape index (κ1) is 17.3. The standard InChI is InChI=1S/C20H24BrN5O/c1-12(18-23-24-25-26(18)17-4-2-3-16(21)8-17)22-19(27)20-9-13-5-14(10-20)7-15(6-13)11-20/h2-4,8,12-15H,5-7,9-11H2,1H3,(H,22,27). The van der Waals surface area contributed by atoms with E-state index in [1.165, 1.54) is 19.3 Å². The molecule has 1 aromatic carbocycles. The van der Waals surface area contributed by atoms with Crippen molar-refractivity contribution in [1.29, 1.82) is 0 Å². The Morgan fingerprint density at radius 3 is 2.52 bits per heavy atom. The summed E-state index contributed by atoms with van der Waals surface area (Å²) in [6.45, 7) is 1.97. The van der Waals surface area contributed by atoms with Gasteiger partial charge in [-0.2, -0.15) is 4.68 Å². The number of tetrazole rings is 1. The fourth-order valence-corrected chi connectivity index (χ4v) is 6.45. The Kier molecular flexibility index (Phi) is 4.11. The van der Waals surface area contributed by atoms with Gasteiger partial charge in [0.2, 0.25) is 5.91 Å². The van der Waals surface area contributed by atoms with Crippen LogP contribution in [0.3, 0.4) is 0 Å². The lowest BCUT2D eigenvalue weighted by Gasteiger charge is -2.55. The predicted molar refractivity (Wildman–Crippen MR) is 104 cm³/mol. The van der Waals surface area contributed by atoms with Gasteiger partial charge in [-0.15, -0.1) is 5.10 Å². The maximum Gasteiger partial charge on any atom is 0.226 e. The molecule has 6 nitrogen and oxygen atoms in total. The van der Waals surface area contributed by atoms with Crippen molar-refractivity contribution in [2.24, 2.45) is 23.2 Å². The molecule has 0 radical (unpaired) electrons. The smallest absolute Gasteiger partial charge is 0.226 e. The van der Waals surface area contributed by atoms with E-state index in [-0.39, 0.29) is 17.4 Å². The van der Waals surface area contributed by atoms with E-state index in [0.717, 1.165) is 47.2 Å². The molecule has 4 aliphatic rings. The van der Waals surface area contributed by atoms with Gasteiger partial charge in [0.25, 0.3) is 0 Å². The average molecular weight is 430 g/mol. The Balaban J connectivity index is 1.36. The zero-order valence-electron chi connectivity index (χ0n) is 15.4. The van der Waals surface area contributed by atoms with Gasteiger partial charge in [-0.3, -0.25) is 4.79 Å². The third-order valence-corrected chi connectivity index (χ3v) is 7.29. The number of hydrogen-bond donors (Lipinski definition) is 1. The van der Waals surface area contributed by atoms with E-state index in [1.807, 2.05) is 31.2 Å². The van der Waals surface area contributed by atoms with E-state index < -0.39 is 0 Å². The number of carbonyl (C=O) groups excluding carboxylic acids is 1. The quantitative estimate of drug-likeness (QED) is 0.801. The van der Waals surface area contributed by atoms with Gasteiger partial charge in [0.05, 0.1) is 11.7 Å². The molecular formula is C20H24BrN5O. The summed E-state index contributed by atoms with van der Waals surface area (Å²) in [5.74, 6) is 3.13. The SMILES string of the molecule is CC(NC(=O)C12CC3CC(CC(C3)C1)C2)c1nnnn1-c1cccc(Br)c1. The molecule has 1 atom stereocenters. The van der Waals surface area contributed by atoms with Crippen LogP contribution in [0.1, 0.15) is 57.3 Å². The highest BCUT2D eigenvalue weighted by Gasteiger charge is 2.54. The van der Waals surface area contributed by atoms with E-state index in [2.05, 4.69) is 36.8 Å². The van der Waals surface area contributed by atoms with Gasteiger partial charge in [-0.1, -0.05) is 22.0 Å². The Labute approximate surface area is 167 Å². The molecule has 7 heteroatoms. The molecule has 142 valence electrons. The second-order valence-corrected chi connectivity index (χ2v) is 9.74. The normalized spacial score (nSPS) is 32.4. The maximum absolute atomic E-state index is 13.3. The van der Waals surface area contributed by atoms with Crippen LogP contribution >= 0.6 is 15.9 Å². The minimum Gasteiger partial charge on any atom is -0.346 e. The summed E-state index contributed by atoms with van der Waals surface area (Å²) in [5, 5.41) is 15.4. The number of nitrogens with zero attached hydrogens (tertiary/aromatic N) is 4. The van der Waals surface area contributed by atoms with Gasteiger partial charge in [0.15, 0.2) is 5.82 Å². The lowest BCUT2D eigenvalue weighted by Crippen LogP contribution is -2.54. The number of nitrogens with one attached hydrogen (secondary N) is 1. The molecule has 4 aliphatic carbocycles. The molecular weight excluding hydrogens is 406 g/mol. The van der Waals surface area contributed by atoms with E-state index in [0.29, 0.717) is 5.82 Å². The highest BCUT2D eigenvalue weighted by atomic mass is 79.9. The van der Waals surface area contributed by atoms with Crippen LogP contribution in [0.15, 0.2) is 28.7 Å². The Bertz CT molecular complexity index is 843. The molecule has 0 saturated heterocycles. The topological polar surface area (TPSA) is 72.7 Å². The summed E-state index contributed by atoms with van der Waals surface area (Å²) >= 11 is 3.49. The largest absolute Gasteiger partial charge is 0.346 e. The second kappa shape index (κ2) is 6.40. The number of benzene rings is 1. The molecule has 1 aromatic heterocycles. The highest BCUT2D eigenvalue weighted by Crippen LogP contribution is 2.60. The summed E-state index contributed by atoms with van der Waals surface area (Å²) in [4.78, 5) is 13.3. The molecule has 1 N–H and O–H groups in total. The Morgan fingerprint density at radius 2 is 1.89 bits per heavy atom. The van der Waals surface area contributed by atoms with Crippen LogP contribution in [0.4, 0.5) is 0 Å². The molecule has 0 spiro atoms. The van der Waals surface area contributed by atoms with Crippen molar-refractivity contribution in [3.63, 3.8) is 0 Å². The summed E-state index contributed by atoms with van der Waals surface area (Å²) < 4.78 is 2.67. The zero-order chi connectivity index (χ0) is 18.6. The van der Waals surface area contributed by atoms with Gasteiger partial charge in [-0.25, -0.2) is 0 Å². The van der Waals surface area contributed by atoms with Crippen LogP contribution in [-0.2, 0) is 4.79 Å². The van der Waals surface area contributed by atoms with Crippen molar-refractivity contribution in [1.82, 2.24) is 25.5 Å². The molecule has 1 heterocycles. The molecule has 4 bridgehead atoms. The fraction of sp³-hybridized carbons (Fsp3) is 0.600. The van der Waals surface area contributed by atoms with E-state index in [9.17, 15) is 4.79 Å². The molecule has 1 amide bonds. The predicted octanol–water partition coefficient (Wildman–Crippen LogP) is 3.82. The van der Waals surface area contributed by atoms with Gasteiger partial charge in [0.1, 0.15) is 0 Å². The molecule has 0 aliphatic heterocycles. The van der Waals surface area contributed by atoms with Crippen LogP contribution < -0.4 is 5.32 Å². The minimum atomic E-state index is -0.237. The zero-order valence-corrected chi connectivity index (χ0v) is 17.0.